The largest absolute Gasteiger partial charge is 0.477 e. The van der Waals surface area contributed by atoms with E-state index in [9.17, 15) is 13.2 Å². The summed E-state index contributed by atoms with van der Waals surface area (Å²) in [7, 11) is -4.11. The molecule has 29 heavy (non-hydrogen) atoms. The average molecular weight is 437 g/mol. The number of benzene rings is 1. The van der Waals surface area contributed by atoms with E-state index in [2.05, 4.69) is 15.1 Å². The average Bonchev–Trinajstić information content (AvgIpc) is 3.23. The highest BCUT2D eigenvalue weighted by Gasteiger charge is 2.33. The topological polar surface area (TPSA) is 102 Å². The summed E-state index contributed by atoms with van der Waals surface area (Å²) in [6.07, 6.45) is 6.72. The molecule has 2 amide bonds. The van der Waals surface area contributed by atoms with Crippen molar-refractivity contribution in [3.63, 3.8) is 0 Å². The van der Waals surface area contributed by atoms with E-state index >= 15 is 0 Å². The minimum absolute atomic E-state index is 0.129. The molecule has 1 aromatic carbocycles. The number of sulfonamides is 1. The zero-order valence-corrected chi connectivity index (χ0v) is 17.3. The number of hydrogen-bond acceptors (Lipinski definition) is 5. The molecule has 0 bridgehead atoms. The van der Waals surface area contributed by atoms with E-state index in [4.69, 9.17) is 16.3 Å². The fourth-order valence-corrected chi connectivity index (χ4v) is 5.47. The number of nitrogens with one attached hydrogen (secondary N) is 2. The Kier molecular flexibility index (Phi) is 4.47. The van der Waals surface area contributed by atoms with Crippen LogP contribution in [-0.2, 0) is 29.4 Å². The number of halogens is 1. The van der Waals surface area contributed by atoms with Gasteiger partial charge in [-0.1, -0.05) is 11.6 Å². The van der Waals surface area contributed by atoms with Gasteiger partial charge in [-0.15, -0.1) is 0 Å². The van der Waals surface area contributed by atoms with Gasteiger partial charge in [0.15, 0.2) is 4.90 Å². The maximum atomic E-state index is 12.8. The highest BCUT2D eigenvalue weighted by molar-refractivity contribution is 7.90. The van der Waals surface area contributed by atoms with Crippen LogP contribution < -0.4 is 14.8 Å². The number of fused-ring (bicyclic) bond motifs is 2. The number of nitrogens with zero attached hydrogens (tertiary/aromatic N) is 2. The van der Waals surface area contributed by atoms with Crippen LogP contribution in [0, 0.1) is 0 Å². The molecule has 2 aliphatic carbocycles. The Morgan fingerprint density at radius 3 is 2.83 bits per heavy atom. The number of amides is 2. The van der Waals surface area contributed by atoms with Gasteiger partial charge in [0.2, 0.25) is 5.88 Å². The summed E-state index contributed by atoms with van der Waals surface area (Å²) in [6.45, 7) is 1.00. The molecule has 10 heteroatoms. The number of urea groups is 1. The molecule has 0 atom stereocenters. The predicted molar refractivity (Wildman–Crippen MR) is 107 cm³/mol. The highest BCUT2D eigenvalue weighted by atomic mass is 35.5. The summed E-state index contributed by atoms with van der Waals surface area (Å²) >= 11 is 6.45. The first-order chi connectivity index (χ1) is 13.9. The normalized spacial score (nSPS) is 18.0. The molecule has 0 unspecified atom stereocenters. The van der Waals surface area contributed by atoms with Crippen LogP contribution in [0.25, 0.3) is 0 Å². The van der Waals surface area contributed by atoms with E-state index in [0.29, 0.717) is 24.8 Å². The summed E-state index contributed by atoms with van der Waals surface area (Å²) in [5.41, 5.74) is 3.78. The van der Waals surface area contributed by atoms with Crippen molar-refractivity contribution in [1.82, 2.24) is 14.5 Å². The van der Waals surface area contributed by atoms with Gasteiger partial charge in [-0.2, -0.15) is 5.10 Å². The SMILES string of the molecule is O=C(Nc1c(C2CC2)cc(Cl)c2c1CCC2)NS(=O)(=O)c1cnn2c1OCCC2. The third-order valence-electron chi connectivity index (χ3n) is 5.66. The van der Waals surface area contributed by atoms with Gasteiger partial charge in [0.1, 0.15) is 0 Å². The summed E-state index contributed by atoms with van der Waals surface area (Å²) in [4.78, 5) is 12.5. The maximum absolute atomic E-state index is 12.8. The lowest BCUT2D eigenvalue weighted by Gasteiger charge is -2.18. The van der Waals surface area contributed by atoms with Gasteiger partial charge in [-0.3, -0.25) is 0 Å². The highest BCUT2D eigenvalue weighted by Crippen LogP contribution is 2.48. The van der Waals surface area contributed by atoms with Crippen LogP contribution in [0.5, 0.6) is 5.88 Å². The summed E-state index contributed by atoms with van der Waals surface area (Å²) < 4.78 is 34.6. The van der Waals surface area contributed by atoms with Crippen molar-refractivity contribution in [3.05, 3.63) is 34.0 Å². The van der Waals surface area contributed by atoms with Gasteiger partial charge >= 0.3 is 6.03 Å². The Hall–Kier alpha value is -2.26. The molecule has 1 fully saturated rings. The number of aromatic nitrogens is 2. The fourth-order valence-electron chi connectivity index (χ4n) is 4.16. The molecular formula is C19H21ClN4O4S. The monoisotopic (exact) mass is 436 g/mol. The number of rotatable bonds is 4. The van der Waals surface area contributed by atoms with Gasteiger partial charge in [0, 0.05) is 23.7 Å². The number of carbonyl (C=O) groups is 1. The van der Waals surface area contributed by atoms with E-state index < -0.39 is 16.1 Å². The summed E-state index contributed by atoms with van der Waals surface area (Å²) in [5, 5.41) is 7.58. The smallest absolute Gasteiger partial charge is 0.333 e. The predicted octanol–water partition coefficient (Wildman–Crippen LogP) is 3.20. The Labute approximate surface area is 173 Å². The number of anilines is 1. The van der Waals surface area contributed by atoms with Crippen molar-refractivity contribution >= 4 is 33.3 Å². The summed E-state index contributed by atoms with van der Waals surface area (Å²) in [5.74, 6) is 0.531. The van der Waals surface area contributed by atoms with Crippen molar-refractivity contribution in [2.45, 2.75) is 55.9 Å². The minimum Gasteiger partial charge on any atom is -0.477 e. The first-order valence-electron chi connectivity index (χ1n) is 9.80. The Balaban J connectivity index is 1.42. The third-order valence-corrected chi connectivity index (χ3v) is 7.31. The molecule has 0 saturated heterocycles. The standard InChI is InChI=1S/C19H21ClN4O4S/c20-15-9-14(11-5-6-11)17(13-4-1-3-12(13)15)22-19(25)23-29(26,27)16-10-21-24-7-2-8-28-18(16)24/h9-11H,1-8H2,(H2,22,23,25). The first kappa shape index (κ1) is 18.7. The van der Waals surface area contributed by atoms with Gasteiger partial charge in [-0.25, -0.2) is 22.6 Å². The van der Waals surface area contributed by atoms with Crippen molar-refractivity contribution < 1.29 is 17.9 Å². The van der Waals surface area contributed by atoms with Gasteiger partial charge in [0.25, 0.3) is 10.0 Å². The molecule has 1 aromatic heterocycles. The summed E-state index contributed by atoms with van der Waals surface area (Å²) in [6, 6.07) is 1.13. The van der Waals surface area contributed by atoms with Crippen LogP contribution in [0.15, 0.2) is 17.2 Å². The Morgan fingerprint density at radius 2 is 2.03 bits per heavy atom. The molecule has 8 nitrogen and oxygen atoms in total. The number of ether oxygens (including phenoxy) is 1. The fraction of sp³-hybridized carbons (Fsp3) is 0.474. The van der Waals surface area contributed by atoms with E-state index in [-0.39, 0.29) is 10.8 Å². The molecular weight excluding hydrogens is 416 g/mol. The molecule has 154 valence electrons. The second kappa shape index (κ2) is 6.91. The van der Waals surface area contributed by atoms with Crippen LogP contribution >= 0.6 is 11.6 Å². The maximum Gasteiger partial charge on any atom is 0.333 e. The van der Waals surface area contributed by atoms with Gasteiger partial charge in [0.05, 0.1) is 12.8 Å². The molecule has 5 rings (SSSR count). The Morgan fingerprint density at radius 1 is 1.24 bits per heavy atom. The van der Waals surface area contributed by atoms with Crippen molar-refractivity contribution in [1.29, 1.82) is 0 Å². The number of hydrogen-bond donors (Lipinski definition) is 2. The lowest BCUT2D eigenvalue weighted by molar-refractivity contribution is 0.224. The lowest BCUT2D eigenvalue weighted by Crippen LogP contribution is -2.35. The molecule has 1 aliphatic heterocycles. The lowest BCUT2D eigenvalue weighted by atomic mass is 9.99. The molecule has 0 radical (unpaired) electrons. The molecule has 0 spiro atoms. The van der Waals surface area contributed by atoms with E-state index in [1.807, 2.05) is 6.07 Å². The quantitative estimate of drug-likeness (QED) is 0.766. The van der Waals surface area contributed by atoms with Gasteiger partial charge < -0.3 is 10.1 Å². The first-order valence-corrected chi connectivity index (χ1v) is 11.7. The van der Waals surface area contributed by atoms with Gasteiger partial charge in [-0.05, 0) is 60.8 Å². The molecule has 1 saturated carbocycles. The van der Waals surface area contributed by atoms with E-state index in [0.717, 1.165) is 60.2 Å². The van der Waals surface area contributed by atoms with E-state index in [1.165, 1.54) is 10.9 Å². The third kappa shape index (κ3) is 3.36. The number of aryl methyl sites for hydroxylation is 1. The van der Waals surface area contributed by atoms with Crippen LogP contribution in [0.1, 0.15) is 48.3 Å². The number of carbonyl (C=O) groups excluding carboxylic acids is 1. The molecule has 2 heterocycles. The van der Waals surface area contributed by atoms with Crippen LogP contribution in [0.2, 0.25) is 5.02 Å². The van der Waals surface area contributed by atoms with Crippen molar-refractivity contribution in [2.24, 2.45) is 0 Å². The van der Waals surface area contributed by atoms with Crippen LogP contribution in [0.3, 0.4) is 0 Å². The van der Waals surface area contributed by atoms with Crippen molar-refractivity contribution in [2.75, 3.05) is 11.9 Å². The van der Waals surface area contributed by atoms with Crippen LogP contribution in [-0.4, -0.2) is 30.8 Å². The minimum atomic E-state index is -4.11. The Bertz CT molecular complexity index is 1110. The zero-order valence-electron chi connectivity index (χ0n) is 15.7. The second-order valence-electron chi connectivity index (χ2n) is 7.71. The van der Waals surface area contributed by atoms with E-state index in [1.54, 1.807) is 0 Å². The van der Waals surface area contributed by atoms with Crippen LogP contribution in [0.4, 0.5) is 10.5 Å². The zero-order chi connectivity index (χ0) is 20.2. The molecule has 2 N–H and O–H groups in total. The molecule has 3 aliphatic rings. The second-order valence-corrected chi connectivity index (χ2v) is 9.76. The molecule has 2 aromatic rings. The van der Waals surface area contributed by atoms with Crippen molar-refractivity contribution in [3.8, 4) is 5.88 Å².